The molecular formula is C27H31F6N5O6. The van der Waals surface area contributed by atoms with E-state index in [1.54, 1.807) is 7.11 Å². The molecule has 2 aliphatic rings. The van der Waals surface area contributed by atoms with E-state index in [1.807, 2.05) is 10.6 Å². The SMILES string of the molecule is COc1cccc(CN2CCCC(c3nc4ccc(N5CCOCC5)cn4n3)C2)c1.O=C(O)C(F)(F)F.O=C(O)C(F)(F)F. The summed E-state index contributed by atoms with van der Waals surface area (Å²) in [5.74, 6) is -3.26. The van der Waals surface area contributed by atoms with Crippen LogP contribution in [0.4, 0.5) is 32.0 Å². The molecule has 5 rings (SSSR count). The predicted molar refractivity (Wildman–Crippen MR) is 144 cm³/mol. The molecule has 11 nitrogen and oxygen atoms in total. The third-order valence-electron chi connectivity index (χ3n) is 6.60. The molecule has 0 amide bonds. The number of carbonyl (C=O) groups is 2. The van der Waals surface area contributed by atoms with Crippen molar-refractivity contribution in [3.8, 4) is 5.75 Å². The topological polar surface area (TPSA) is 130 Å². The molecule has 4 heterocycles. The molecule has 242 valence electrons. The van der Waals surface area contributed by atoms with Gasteiger partial charge in [-0.05, 0) is 49.2 Å². The van der Waals surface area contributed by atoms with E-state index in [-0.39, 0.29) is 0 Å². The van der Waals surface area contributed by atoms with Gasteiger partial charge in [0.05, 0.1) is 32.2 Å². The van der Waals surface area contributed by atoms with Gasteiger partial charge >= 0.3 is 24.3 Å². The number of rotatable bonds is 5. The summed E-state index contributed by atoms with van der Waals surface area (Å²) in [7, 11) is 1.72. The second-order valence-corrected chi connectivity index (χ2v) is 9.79. The average molecular weight is 636 g/mol. The number of methoxy groups -OCH3 is 1. The highest BCUT2D eigenvalue weighted by Gasteiger charge is 2.39. The minimum Gasteiger partial charge on any atom is -0.497 e. The minimum absolute atomic E-state index is 0.371. The van der Waals surface area contributed by atoms with Gasteiger partial charge in [0.15, 0.2) is 11.5 Å². The zero-order chi connectivity index (χ0) is 32.5. The molecule has 0 radical (unpaired) electrons. The largest absolute Gasteiger partial charge is 0.497 e. The van der Waals surface area contributed by atoms with Gasteiger partial charge in [0.2, 0.25) is 0 Å². The van der Waals surface area contributed by atoms with Crippen LogP contribution in [0.1, 0.15) is 30.1 Å². The number of carboxylic acid groups (broad SMARTS) is 2. The maximum atomic E-state index is 10.6. The Morgan fingerprint density at radius 2 is 1.64 bits per heavy atom. The van der Waals surface area contributed by atoms with Crippen molar-refractivity contribution in [3.05, 3.63) is 54.0 Å². The lowest BCUT2D eigenvalue weighted by molar-refractivity contribution is -0.193. The Morgan fingerprint density at radius 1 is 1.00 bits per heavy atom. The van der Waals surface area contributed by atoms with Gasteiger partial charge in [-0.15, -0.1) is 0 Å². The van der Waals surface area contributed by atoms with Crippen LogP contribution in [0.2, 0.25) is 0 Å². The summed E-state index contributed by atoms with van der Waals surface area (Å²) < 4.78 is 76.3. The Labute approximate surface area is 247 Å². The van der Waals surface area contributed by atoms with Gasteiger partial charge in [-0.25, -0.2) is 19.1 Å². The Kier molecular flexibility index (Phi) is 11.8. The van der Waals surface area contributed by atoms with Crippen LogP contribution in [-0.4, -0.2) is 101 Å². The first-order valence-corrected chi connectivity index (χ1v) is 13.3. The van der Waals surface area contributed by atoms with Crippen molar-refractivity contribution >= 4 is 23.3 Å². The number of hydrogen-bond acceptors (Lipinski definition) is 8. The lowest BCUT2D eigenvalue weighted by atomic mass is 9.97. The van der Waals surface area contributed by atoms with Crippen LogP contribution in [0, 0.1) is 0 Å². The van der Waals surface area contributed by atoms with E-state index in [1.165, 1.54) is 17.7 Å². The lowest BCUT2D eigenvalue weighted by Gasteiger charge is -2.31. The Balaban J connectivity index is 0.000000317. The number of aliphatic carboxylic acids is 2. The number of hydrogen-bond donors (Lipinski definition) is 2. The number of benzene rings is 1. The zero-order valence-corrected chi connectivity index (χ0v) is 23.5. The fourth-order valence-electron chi connectivity index (χ4n) is 4.51. The molecule has 2 fully saturated rings. The number of fused-ring (bicyclic) bond motifs is 1. The summed E-state index contributed by atoms with van der Waals surface area (Å²) in [4.78, 5) is 27.5. The predicted octanol–water partition coefficient (Wildman–Crippen LogP) is 4.22. The van der Waals surface area contributed by atoms with Gasteiger partial charge in [-0.1, -0.05) is 12.1 Å². The van der Waals surface area contributed by atoms with Crippen molar-refractivity contribution in [1.29, 1.82) is 0 Å². The van der Waals surface area contributed by atoms with E-state index in [2.05, 4.69) is 46.3 Å². The molecule has 0 saturated carbocycles. The third kappa shape index (κ3) is 10.3. The van der Waals surface area contributed by atoms with Crippen LogP contribution in [0.5, 0.6) is 5.75 Å². The van der Waals surface area contributed by atoms with Crippen LogP contribution >= 0.6 is 0 Å². The second-order valence-electron chi connectivity index (χ2n) is 9.79. The van der Waals surface area contributed by atoms with Gasteiger partial charge in [0, 0.05) is 32.1 Å². The van der Waals surface area contributed by atoms with Crippen molar-refractivity contribution in [1.82, 2.24) is 19.5 Å². The van der Waals surface area contributed by atoms with E-state index in [0.29, 0.717) is 5.92 Å². The fourth-order valence-corrected chi connectivity index (χ4v) is 4.51. The maximum Gasteiger partial charge on any atom is 0.490 e. The van der Waals surface area contributed by atoms with Gasteiger partial charge < -0.3 is 24.6 Å². The van der Waals surface area contributed by atoms with E-state index in [0.717, 1.165) is 69.6 Å². The van der Waals surface area contributed by atoms with E-state index in [9.17, 15) is 26.3 Å². The van der Waals surface area contributed by atoms with Crippen molar-refractivity contribution in [3.63, 3.8) is 0 Å². The maximum absolute atomic E-state index is 10.6. The van der Waals surface area contributed by atoms with Gasteiger partial charge in [0.1, 0.15) is 5.75 Å². The molecule has 2 aliphatic heterocycles. The number of piperidine rings is 1. The molecule has 2 saturated heterocycles. The van der Waals surface area contributed by atoms with Crippen LogP contribution < -0.4 is 9.64 Å². The van der Waals surface area contributed by atoms with E-state index in [4.69, 9.17) is 39.4 Å². The summed E-state index contributed by atoms with van der Waals surface area (Å²) >= 11 is 0. The molecule has 2 aromatic heterocycles. The molecule has 1 atom stereocenters. The standard InChI is InChI=1S/C23H29N5O2.2C2HF3O2/c1-29-21-6-2-4-18(14-21)15-26-9-3-5-19(16-26)23-24-22-8-7-20(17-28(22)25-23)27-10-12-30-13-11-27;2*3-2(4,5)1(6)7/h2,4,6-8,14,17,19H,3,5,9-13,15-16H2,1H3;2*(H,6,7). The monoisotopic (exact) mass is 635 g/mol. The highest BCUT2D eigenvalue weighted by molar-refractivity contribution is 5.73. The van der Waals surface area contributed by atoms with Crippen LogP contribution in [0.25, 0.3) is 5.65 Å². The number of carboxylic acids is 2. The first kappa shape index (κ1) is 34.4. The molecule has 2 N–H and O–H groups in total. The zero-order valence-electron chi connectivity index (χ0n) is 23.5. The fraction of sp³-hybridized carbons (Fsp3) is 0.481. The molecule has 0 aliphatic carbocycles. The normalized spacial score (nSPS) is 17.6. The van der Waals surface area contributed by atoms with Crippen molar-refractivity contribution in [2.24, 2.45) is 0 Å². The molecule has 1 unspecified atom stereocenters. The summed E-state index contributed by atoms with van der Waals surface area (Å²) in [6.07, 6.45) is -5.75. The van der Waals surface area contributed by atoms with Gasteiger partial charge in [-0.3, -0.25) is 4.90 Å². The summed E-state index contributed by atoms with van der Waals surface area (Å²) in [6.45, 7) is 6.45. The number of alkyl halides is 6. The first-order chi connectivity index (χ1) is 20.7. The van der Waals surface area contributed by atoms with Crippen LogP contribution in [0.3, 0.4) is 0 Å². The number of morpholine rings is 1. The summed E-state index contributed by atoms with van der Waals surface area (Å²) in [6, 6.07) is 12.6. The molecule has 44 heavy (non-hydrogen) atoms. The summed E-state index contributed by atoms with van der Waals surface area (Å²) in [5.41, 5.74) is 3.39. The second kappa shape index (κ2) is 15.1. The molecule has 0 spiro atoms. The van der Waals surface area contributed by atoms with Gasteiger partial charge in [-0.2, -0.15) is 31.4 Å². The molecule has 17 heteroatoms. The quantitative estimate of drug-likeness (QED) is 0.393. The molecular weight excluding hydrogens is 604 g/mol. The molecule has 0 bridgehead atoms. The molecule has 3 aromatic rings. The van der Waals surface area contributed by atoms with E-state index >= 15 is 0 Å². The molecule has 1 aromatic carbocycles. The number of anilines is 1. The number of aromatic nitrogens is 3. The van der Waals surface area contributed by atoms with Crippen LogP contribution in [0.15, 0.2) is 42.6 Å². The number of likely N-dealkylation sites (tertiary alicyclic amines) is 1. The number of nitrogens with zero attached hydrogens (tertiary/aromatic N) is 5. The van der Waals surface area contributed by atoms with E-state index < -0.39 is 24.3 Å². The highest BCUT2D eigenvalue weighted by Crippen LogP contribution is 2.27. The van der Waals surface area contributed by atoms with Crippen molar-refractivity contribution < 1.29 is 55.6 Å². The average Bonchev–Trinajstić information content (AvgIpc) is 3.41. The Hall–Kier alpha value is -4.12. The Bertz CT molecular complexity index is 1370. The first-order valence-electron chi connectivity index (χ1n) is 13.3. The van der Waals surface area contributed by atoms with Crippen molar-refractivity contribution in [2.45, 2.75) is 37.7 Å². The number of pyridine rings is 1. The van der Waals surface area contributed by atoms with Crippen LogP contribution in [-0.2, 0) is 20.9 Å². The lowest BCUT2D eigenvalue weighted by Crippen LogP contribution is -2.36. The number of halogens is 6. The summed E-state index contributed by atoms with van der Waals surface area (Å²) in [5, 5.41) is 19.1. The highest BCUT2D eigenvalue weighted by atomic mass is 19.4. The Morgan fingerprint density at radius 3 is 2.23 bits per heavy atom. The van der Waals surface area contributed by atoms with Gasteiger partial charge in [0.25, 0.3) is 0 Å². The minimum atomic E-state index is -5.08. The number of ether oxygens (including phenoxy) is 2. The van der Waals surface area contributed by atoms with Crippen molar-refractivity contribution in [2.75, 3.05) is 51.4 Å². The third-order valence-corrected chi connectivity index (χ3v) is 6.60. The smallest absolute Gasteiger partial charge is 0.490 e.